The van der Waals surface area contributed by atoms with E-state index in [9.17, 15) is 18.8 Å². The van der Waals surface area contributed by atoms with Gasteiger partial charge in [-0.2, -0.15) is 0 Å². The summed E-state index contributed by atoms with van der Waals surface area (Å²) in [7, 11) is 0. The molecule has 4 heterocycles. The van der Waals surface area contributed by atoms with Gasteiger partial charge >= 0.3 is 0 Å². The van der Waals surface area contributed by atoms with E-state index in [0.29, 0.717) is 18.7 Å². The number of nitrogens with one attached hydrogen (secondary N) is 1. The molecule has 41 heavy (non-hydrogen) atoms. The first-order chi connectivity index (χ1) is 20.0. The first-order valence-electron chi connectivity index (χ1n) is 13.3. The highest BCUT2D eigenvalue weighted by atomic mass is 19.1. The lowest BCUT2D eigenvalue weighted by molar-refractivity contribution is -0.127. The molecule has 3 aliphatic rings. The van der Waals surface area contributed by atoms with Crippen LogP contribution in [0, 0.1) is 17.7 Å². The van der Waals surface area contributed by atoms with Crippen molar-refractivity contribution in [2.75, 3.05) is 26.2 Å². The molecule has 1 amide bonds. The quantitative estimate of drug-likeness (QED) is 0.301. The number of benzene rings is 1. The van der Waals surface area contributed by atoms with Gasteiger partial charge in [0, 0.05) is 49.6 Å². The Morgan fingerprint density at radius 2 is 1.76 bits per heavy atom. The Balaban J connectivity index is 1.14. The van der Waals surface area contributed by atoms with Crippen molar-refractivity contribution in [1.29, 1.82) is 0 Å². The average Bonchev–Trinajstić information content (AvgIpc) is 3.77. The zero-order valence-corrected chi connectivity index (χ0v) is 21.8. The zero-order valence-electron chi connectivity index (χ0n) is 21.8. The van der Waals surface area contributed by atoms with Gasteiger partial charge in [0.15, 0.2) is 17.4 Å². The van der Waals surface area contributed by atoms with Gasteiger partial charge in [-0.05, 0) is 5.56 Å². The summed E-state index contributed by atoms with van der Waals surface area (Å²) in [5, 5.41) is 7.61. The van der Waals surface area contributed by atoms with E-state index in [0.717, 1.165) is 17.5 Å². The number of fused-ring (bicyclic) bond motifs is 2. The van der Waals surface area contributed by atoms with Gasteiger partial charge in [-0.1, -0.05) is 59.8 Å². The van der Waals surface area contributed by atoms with Gasteiger partial charge in [0.1, 0.15) is 0 Å². The van der Waals surface area contributed by atoms with E-state index in [1.165, 1.54) is 22.0 Å². The van der Waals surface area contributed by atoms with E-state index >= 15 is 0 Å². The molecular weight excluding hydrogens is 525 g/mol. The fourth-order valence-corrected chi connectivity index (χ4v) is 6.02. The van der Waals surface area contributed by atoms with Crippen LogP contribution < -0.4 is 0 Å². The summed E-state index contributed by atoms with van der Waals surface area (Å²) in [4.78, 5) is 50.8. The smallest absolute Gasteiger partial charge is 0.295 e. The maximum atomic E-state index is 14.9. The van der Waals surface area contributed by atoms with Crippen LogP contribution in [-0.2, 0) is 9.59 Å². The number of carbonyl (C=O) groups is 3. The molecule has 4 aromatic rings. The monoisotopic (exact) mass is 549 g/mol. The molecule has 3 aromatic heterocycles. The summed E-state index contributed by atoms with van der Waals surface area (Å²) >= 11 is 0. The molecule has 7 rings (SSSR count). The maximum Gasteiger partial charge on any atom is 0.295 e. The highest BCUT2D eigenvalue weighted by Gasteiger charge is 2.43. The van der Waals surface area contributed by atoms with Gasteiger partial charge in [0.25, 0.3) is 11.7 Å². The summed E-state index contributed by atoms with van der Waals surface area (Å²) in [5.74, 6) is -2.21. The van der Waals surface area contributed by atoms with Crippen molar-refractivity contribution >= 4 is 33.9 Å². The summed E-state index contributed by atoms with van der Waals surface area (Å²) in [5.41, 5.74) is 2.72. The zero-order chi connectivity index (χ0) is 28.1. The third kappa shape index (κ3) is 4.00. The van der Waals surface area contributed by atoms with E-state index in [1.807, 2.05) is 48.6 Å². The van der Waals surface area contributed by atoms with Crippen LogP contribution in [0.15, 0.2) is 85.1 Å². The van der Waals surface area contributed by atoms with Crippen LogP contribution in [0.3, 0.4) is 0 Å². The topological polar surface area (TPSA) is 117 Å². The molecule has 0 bridgehead atoms. The molecule has 1 saturated heterocycles. The van der Waals surface area contributed by atoms with Gasteiger partial charge in [-0.3, -0.25) is 14.4 Å². The van der Waals surface area contributed by atoms with E-state index in [-0.39, 0.29) is 53.0 Å². The van der Waals surface area contributed by atoms with Crippen molar-refractivity contribution in [3.63, 3.8) is 0 Å². The van der Waals surface area contributed by atoms with Crippen LogP contribution in [0.5, 0.6) is 0 Å². The fourth-order valence-electron chi connectivity index (χ4n) is 6.02. The van der Waals surface area contributed by atoms with Crippen LogP contribution >= 0.6 is 0 Å². The van der Waals surface area contributed by atoms with Gasteiger partial charge in [-0.25, -0.2) is 14.1 Å². The van der Waals surface area contributed by atoms with Crippen LogP contribution in [0.4, 0.5) is 4.39 Å². The second-order valence-electron chi connectivity index (χ2n) is 10.1. The molecule has 0 spiro atoms. The van der Waals surface area contributed by atoms with Gasteiger partial charge in [-0.15, -0.1) is 5.10 Å². The van der Waals surface area contributed by atoms with Crippen molar-refractivity contribution in [2.24, 2.45) is 11.8 Å². The Labute approximate surface area is 233 Å². The molecule has 2 aliphatic carbocycles. The van der Waals surface area contributed by atoms with Crippen molar-refractivity contribution in [3.05, 3.63) is 102 Å². The minimum atomic E-state index is -0.806. The highest BCUT2D eigenvalue weighted by molar-refractivity contribution is 6.45. The van der Waals surface area contributed by atoms with E-state index < -0.39 is 17.5 Å². The largest absolute Gasteiger partial charge is 0.370 e. The number of amides is 1. The Kier molecular flexibility index (Phi) is 5.92. The van der Waals surface area contributed by atoms with E-state index in [1.54, 1.807) is 6.20 Å². The van der Waals surface area contributed by atoms with Gasteiger partial charge in [0.05, 0.1) is 41.0 Å². The van der Waals surface area contributed by atoms with Crippen molar-refractivity contribution < 1.29 is 18.8 Å². The normalized spacial score (nSPS) is 20.3. The number of ketones is 2. The third-order valence-corrected chi connectivity index (χ3v) is 7.95. The summed E-state index contributed by atoms with van der Waals surface area (Å²) < 4.78 is 16.2. The van der Waals surface area contributed by atoms with E-state index in [2.05, 4.69) is 31.3 Å². The number of rotatable bonds is 5. The van der Waals surface area contributed by atoms with Crippen molar-refractivity contribution in [1.82, 2.24) is 34.8 Å². The lowest BCUT2D eigenvalue weighted by atomic mass is 9.88. The molecule has 1 aromatic carbocycles. The molecule has 2 atom stereocenters. The predicted octanol–water partition coefficient (Wildman–Crippen LogP) is 2.96. The predicted molar refractivity (Wildman–Crippen MR) is 147 cm³/mol. The molecule has 0 radical (unpaired) electrons. The Morgan fingerprint density at radius 1 is 1.00 bits per heavy atom. The summed E-state index contributed by atoms with van der Waals surface area (Å²) in [6, 6.07) is 9.65. The molecule has 1 fully saturated rings. The number of halogens is 1. The molecule has 2 unspecified atom stereocenters. The van der Waals surface area contributed by atoms with Gasteiger partial charge in [0.2, 0.25) is 0 Å². The van der Waals surface area contributed by atoms with Crippen LogP contribution in [0.2, 0.25) is 0 Å². The Bertz CT molecular complexity index is 1780. The number of piperazine rings is 1. The highest BCUT2D eigenvalue weighted by Crippen LogP contribution is 2.44. The molecule has 1 aliphatic heterocycles. The second kappa shape index (κ2) is 9.77. The fraction of sp³-hybridized carbons (Fsp3) is 0.200. The Hall–Kier alpha value is -5.19. The number of allylic oxidation sites excluding steroid dienone is 5. The molecule has 11 heteroatoms. The first kappa shape index (κ1) is 24.8. The van der Waals surface area contributed by atoms with Crippen molar-refractivity contribution in [2.45, 2.75) is 0 Å². The number of pyridine rings is 1. The maximum absolute atomic E-state index is 14.9. The standard InChI is InChI=1S/C30H24FN7O3/c31-22-17-33-29(38-11-10-34-35-38)25-24(22)21(16-32-25)28(40)30(41)37-14-12-36(13-15-37)26-19-8-4-5-9-20(19)27(39)23(26)18-6-2-1-3-7-18/h1-11,16-17,19-20,32H,12-15H2. The van der Waals surface area contributed by atoms with Gasteiger partial charge < -0.3 is 14.8 Å². The van der Waals surface area contributed by atoms with Crippen LogP contribution in [0.25, 0.3) is 22.3 Å². The minimum Gasteiger partial charge on any atom is -0.370 e. The number of hydrogen-bond donors (Lipinski definition) is 1. The molecule has 204 valence electrons. The lowest BCUT2D eigenvalue weighted by Gasteiger charge is -2.38. The SMILES string of the molecule is O=C(C(=O)N1CCN(C2=C(c3ccccc3)C(=O)C3C=CC=CC23)CC1)c1c[nH]c2c(-n3ccnn3)ncc(F)c12. The number of aromatic amines is 1. The Morgan fingerprint density at radius 3 is 2.49 bits per heavy atom. The lowest BCUT2D eigenvalue weighted by Crippen LogP contribution is -2.50. The average molecular weight is 550 g/mol. The molecule has 10 nitrogen and oxygen atoms in total. The number of H-pyrrole nitrogens is 1. The number of Topliss-reactive ketones (excluding diaryl/α,β-unsaturated/α-hetero) is 2. The first-order valence-corrected chi connectivity index (χ1v) is 13.3. The molecule has 0 saturated carbocycles. The van der Waals surface area contributed by atoms with E-state index in [4.69, 9.17) is 0 Å². The molecular formula is C30H24FN7O3. The molecule has 1 N–H and O–H groups in total. The van der Waals surface area contributed by atoms with Crippen LogP contribution in [-0.4, -0.2) is 78.4 Å². The summed E-state index contributed by atoms with van der Waals surface area (Å²) in [6.07, 6.45) is 13.2. The number of carbonyl (C=O) groups excluding carboxylic acids is 3. The summed E-state index contributed by atoms with van der Waals surface area (Å²) in [6.45, 7) is 1.50. The minimum absolute atomic E-state index is 0.0206. The number of aromatic nitrogens is 5. The number of hydrogen-bond acceptors (Lipinski definition) is 7. The van der Waals surface area contributed by atoms with Crippen LogP contribution in [0.1, 0.15) is 15.9 Å². The third-order valence-electron chi connectivity index (χ3n) is 7.95. The van der Waals surface area contributed by atoms with Crippen molar-refractivity contribution in [3.8, 4) is 5.82 Å². The second-order valence-corrected chi connectivity index (χ2v) is 10.1. The number of nitrogens with zero attached hydrogens (tertiary/aromatic N) is 6.